The zero-order valence-corrected chi connectivity index (χ0v) is 7.34. The summed E-state index contributed by atoms with van der Waals surface area (Å²) in [5.41, 5.74) is 6.17. The second kappa shape index (κ2) is 3.55. The standard InChI is InChI=1S/C9H19NO/c1-2-5-9(10)6-3-8(11)4-7-9/h8,11H,2-7,10H2,1H3. The number of rotatable bonds is 2. The van der Waals surface area contributed by atoms with E-state index in [1.165, 1.54) is 0 Å². The summed E-state index contributed by atoms with van der Waals surface area (Å²) in [4.78, 5) is 0. The van der Waals surface area contributed by atoms with Gasteiger partial charge in [0.15, 0.2) is 0 Å². The molecule has 0 amide bonds. The molecule has 2 heteroatoms. The molecular formula is C9H19NO. The van der Waals surface area contributed by atoms with Crippen LogP contribution in [0.25, 0.3) is 0 Å². The molecule has 0 radical (unpaired) electrons. The summed E-state index contributed by atoms with van der Waals surface area (Å²) in [5, 5.41) is 9.25. The first kappa shape index (κ1) is 9.01. The Hall–Kier alpha value is -0.0800. The van der Waals surface area contributed by atoms with E-state index in [1.54, 1.807) is 0 Å². The zero-order valence-electron chi connectivity index (χ0n) is 7.34. The molecule has 0 aromatic rings. The maximum Gasteiger partial charge on any atom is 0.0541 e. The van der Waals surface area contributed by atoms with Gasteiger partial charge >= 0.3 is 0 Å². The van der Waals surface area contributed by atoms with E-state index in [-0.39, 0.29) is 11.6 Å². The molecule has 66 valence electrons. The van der Waals surface area contributed by atoms with Crippen LogP contribution in [0.1, 0.15) is 45.4 Å². The number of hydrogen-bond donors (Lipinski definition) is 2. The van der Waals surface area contributed by atoms with Crippen molar-refractivity contribution in [1.29, 1.82) is 0 Å². The maximum atomic E-state index is 9.25. The van der Waals surface area contributed by atoms with Gasteiger partial charge in [0.1, 0.15) is 0 Å². The quantitative estimate of drug-likeness (QED) is 0.636. The van der Waals surface area contributed by atoms with E-state index in [9.17, 15) is 5.11 Å². The average molecular weight is 157 g/mol. The van der Waals surface area contributed by atoms with Crippen LogP contribution in [0, 0.1) is 0 Å². The molecule has 0 saturated heterocycles. The number of aliphatic hydroxyl groups excluding tert-OH is 1. The normalized spacial score (nSPS) is 39.0. The molecule has 0 spiro atoms. The summed E-state index contributed by atoms with van der Waals surface area (Å²) in [6.07, 6.45) is 5.99. The first-order valence-electron chi connectivity index (χ1n) is 4.63. The predicted octanol–water partition coefficient (Wildman–Crippen LogP) is 1.42. The van der Waals surface area contributed by atoms with E-state index >= 15 is 0 Å². The van der Waals surface area contributed by atoms with Crippen molar-refractivity contribution >= 4 is 0 Å². The van der Waals surface area contributed by atoms with Crippen LogP contribution in [0.2, 0.25) is 0 Å². The predicted molar refractivity (Wildman–Crippen MR) is 46.3 cm³/mol. The Morgan fingerprint density at radius 2 is 2.00 bits per heavy atom. The molecule has 0 atom stereocenters. The smallest absolute Gasteiger partial charge is 0.0541 e. The van der Waals surface area contributed by atoms with Gasteiger partial charge < -0.3 is 10.8 Å². The lowest BCUT2D eigenvalue weighted by molar-refractivity contribution is 0.0942. The molecule has 0 aromatic carbocycles. The second-order valence-electron chi connectivity index (χ2n) is 3.84. The van der Waals surface area contributed by atoms with Gasteiger partial charge in [-0.1, -0.05) is 13.3 Å². The SMILES string of the molecule is CCCC1(N)CCC(O)CC1. The first-order chi connectivity index (χ1) is 5.16. The molecule has 0 bridgehead atoms. The highest BCUT2D eigenvalue weighted by atomic mass is 16.3. The lowest BCUT2D eigenvalue weighted by Gasteiger charge is -2.35. The fraction of sp³-hybridized carbons (Fsp3) is 1.00. The fourth-order valence-corrected chi connectivity index (χ4v) is 1.93. The second-order valence-corrected chi connectivity index (χ2v) is 3.84. The van der Waals surface area contributed by atoms with Gasteiger partial charge in [-0.3, -0.25) is 0 Å². The van der Waals surface area contributed by atoms with Gasteiger partial charge in [-0.25, -0.2) is 0 Å². The summed E-state index contributed by atoms with van der Waals surface area (Å²) < 4.78 is 0. The van der Waals surface area contributed by atoms with Crippen molar-refractivity contribution in [3.05, 3.63) is 0 Å². The van der Waals surface area contributed by atoms with Crippen LogP contribution in [0.5, 0.6) is 0 Å². The molecule has 1 rings (SSSR count). The Labute approximate surface area is 68.8 Å². The van der Waals surface area contributed by atoms with Crippen LogP contribution in [0.4, 0.5) is 0 Å². The Morgan fingerprint density at radius 3 is 2.45 bits per heavy atom. The highest BCUT2D eigenvalue weighted by molar-refractivity contribution is 4.89. The zero-order chi connectivity index (χ0) is 8.32. The Morgan fingerprint density at radius 1 is 1.45 bits per heavy atom. The molecule has 0 heterocycles. The molecule has 0 unspecified atom stereocenters. The lowest BCUT2D eigenvalue weighted by atomic mass is 9.78. The van der Waals surface area contributed by atoms with Crippen molar-refractivity contribution in [2.75, 3.05) is 0 Å². The topological polar surface area (TPSA) is 46.2 Å². The van der Waals surface area contributed by atoms with E-state index in [0.29, 0.717) is 0 Å². The molecule has 1 aliphatic carbocycles. The van der Waals surface area contributed by atoms with E-state index in [2.05, 4.69) is 6.92 Å². The van der Waals surface area contributed by atoms with Gasteiger partial charge in [0.05, 0.1) is 6.10 Å². The summed E-state index contributed by atoms with van der Waals surface area (Å²) in [6, 6.07) is 0. The summed E-state index contributed by atoms with van der Waals surface area (Å²) in [6.45, 7) is 2.17. The Balaban J connectivity index is 2.35. The Bertz CT molecular complexity index is 117. The minimum Gasteiger partial charge on any atom is -0.393 e. The van der Waals surface area contributed by atoms with Crippen molar-refractivity contribution in [2.45, 2.75) is 57.1 Å². The van der Waals surface area contributed by atoms with E-state index in [0.717, 1.165) is 38.5 Å². The van der Waals surface area contributed by atoms with Gasteiger partial charge in [0, 0.05) is 5.54 Å². The Kier molecular flexibility index (Phi) is 2.90. The summed E-state index contributed by atoms with van der Waals surface area (Å²) in [5.74, 6) is 0. The van der Waals surface area contributed by atoms with Crippen LogP contribution >= 0.6 is 0 Å². The van der Waals surface area contributed by atoms with Gasteiger partial charge in [0.25, 0.3) is 0 Å². The highest BCUT2D eigenvalue weighted by Crippen LogP contribution is 2.29. The van der Waals surface area contributed by atoms with Crippen LogP contribution in [0.3, 0.4) is 0 Å². The number of nitrogens with two attached hydrogens (primary N) is 1. The molecule has 1 aliphatic rings. The largest absolute Gasteiger partial charge is 0.393 e. The van der Waals surface area contributed by atoms with Gasteiger partial charge in [0.2, 0.25) is 0 Å². The van der Waals surface area contributed by atoms with Crippen molar-refractivity contribution in [3.8, 4) is 0 Å². The average Bonchev–Trinajstić information content (AvgIpc) is 1.97. The van der Waals surface area contributed by atoms with Gasteiger partial charge in [-0.2, -0.15) is 0 Å². The van der Waals surface area contributed by atoms with Gasteiger partial charge in [-0.15, -0.1) is 0 Å². The minimum atomic E-state index is -0.0801. The monoisotopic (exact) mass is 157 g/mol. The molecule has 2 nitrogen and oxygen atoms in total. The van der Waals surface area contributed by atoms with Crippen LogP contribution in [-0.4, -0.2) is 16.7 Å². The van der Waals surface area contributed by atoms with Crippen molar-refractivity contribution < 1.29 is 5.11 Å². The van der Waals surface area contributed by atoms with Crippen LogP contribution in [-0.2, 0) is 0 Å². The third-order valence-corrected chi connectivity index (χ3v) is 2.70. The van der Waals surface area contributed by atoms with Gasteiger partial charge in [-0.05, 0) is 32.1 Å². The molecule has 1 saturated carbocycles. The van der Waals surface area contributed by atoms with Crippen molar-refractivity contribution in [3.63, 3.8) is 0 Å². The lowest BCUT2D eigenvalue weighted by Crippen LogP contribution is -2.44. The highest BCUT2D eigenvalue weighted by Gasteiger charge is 2.29. The van der Waals surface area contributed by atoms with E-state index in [4.69, 9.17) is 5.73 Å². The fourth-order valence-electron chi connectivity index (χ4n) is 1.93. The van der Waals surface area contributed by atoms with Crippen molar-refractivity contribution in [2.24, 2.45) is 5.73 Å². The molecule has 1 fully saturated rings. The minimum absolute atomic E-state index is 0.0496. The third kappa shape index (κ3) is 2.46. The molecule has 11 heavy (non-hydrogen) atoms. The van der Waals surface area contributed by atoms with Crippen LogP contribution < -0.4 is 5.73 Å². The summed E-state index contributed by atoms with van der Waals surface area (Å²) in [7, 11) is 0. The number of aliphatic hydroxyl groups is 1. The molecule has 0 aliphatic heterocycles. The summed E-state index contributed by atoms with van der Waals surface area (Å²) >= 11 is 0. The molecular weight excluding hydrogens is 138 g/mol. The third-order valence-electron chi connectivity index (χ3n) is 2.70. The maximum absolute atomic E-state index is 9.25. The molecule has 0 aromatic heterocycles. The van der Waals surface area contributed by atoms with Crippen molar-refractivity contribution in [1.82, 2.24) is 0 Å². The van der Waals surface area contributed by atoms with E-state index < -0.39 is 0 Å². The molecule has 3 N–H and O–H groups in total. The van der Waals surface area contributed by atoms with E-state index in [1.807, 2.05) is 0 Å². The first-order valence-corrected chi connectivity index (χ1v) is 4.63. The van der Waals surface area contributed by atoms with Crippen LogP contribution in [0.15, 0.2) is 0 Å². The number of hydrogen-bond acceptors (Lipinski definition) is 2.